The minimum atomic E-state index is -0.967. The zero-order valence-corrected chi connectivity index (χ0v) is 26.9. The highest BCUT2D eigenvalue weighted by Gasteiger charge is 2.50. The molecule has 2 aromatic rings. The summed E-state index contributed by atoms with van der Waals surface area (Å²) >= 11 is 0. The van der Waals surface area contributed by atoms with Crippen molar-refractivity contribution in [2.24, 2.45) is 11.3 Å². The third-order valence-electron chi connectivity index (χ3n) is 8.87. The molecule has 2 fully saturated rings. The molecule has 0 aliphatic carbocycles. The van der Waals surface area contributed by atoms with Gasteiger partial charge in [0.05, 0.1) is 11.7 Å². The number of hydrogen-bond acceptors (Lipinski definition) is 9. The Bertz CT molecular complexity index is 1310. The number of nitrogens with zero attached hydrogens (tertiary/aromatic N) is 7. The summed E-state index contributed by atoms with van der Waals surface area (Å²) in [6.07, 6.45) is 1.92. The molecule has 12 nitrogen and oxygen atoms in total. The van der Waals surface area contributed by atoms with Crippen LogP contribution >= 0.6 is 0 Å². The number of rotatable bonds is 13. The maximum atomic E-state index is 14.3. The summed E-state index contributed by atoms with van der Waals surface area (Å²) < 4.78 is 26.1. The maximum absolute atomic E-state index is 14.3. The van der Waals surface area contributed by atoms with Crippen LogP contribution in [0, 0.1) is 17.2 Å². The van der Waals surface area contributed by atoms with Gasteiger partial charge in [0.25, 0.3) is 11.8 Å². The molecule has 3 heterocycles. The Morgan fingerprint density at radius 1 is 1.18 bits per heavy atom. The minimum Gasteiger partial charge on any atom is -0.465 e. The number of likely N-dealkylation sites (N-methyl/N-ethyl adjacent to an activating group) is 1. The van der Waals surface area contributed by atoms with Crippen molar-refractivity contribution in [3.8, 4) is 11.6 Å². The molecule has 44 heavy (non-hydrogen) atoms. The number of halogens is 1. The number of benzene rings is 1. The van der Waals surface area contributed by atoms with Gasteiger partial charge in [-0.1, -0.05) is 13.8 Å². The summed E-state index contributed by atoms with van der Waals surface area (Å²) in [7, 11) is 3.19. The molecule has 2 unspecified atom stereocenters. The Labute approximate surface area is 259 Å². The summed E-state index contributed by atoms with van der Waals surface area (Å²) in [4.78, 5) is 36.7. The molecule has 2 saturated heterocycles. The van der Waals surface area contributed by atoms with E-state index in [1.807, 2.05) is 20.8 Å². The van der Waals surface area contributed by atoms with Crippen molar-refractivity contribution in [3.63, 3.8) is 0 Å². The molecule has 1 spiro atoms. The Morgan fingerprint density at radius 3 is 2.52 bits per heavy atom. The fraction of sp³-hybridized carbons (Fsp3) is 0.645. The molecule has 0 radical (unpaired) electrons. The van der Waals surface area contributed by atoms with E-state index in [-0.39, 0.29) is 46.7 Å². The molecule has 2 aliphatic rings. The normalized spacial score (nSPS) is 17.5. The highest BCUT2D eigenvalue weighted by atomic mass is 19.1. The van der Waals surface area contributed by atoms with Gasteiger partial charge in [-0.25, -0.2) is 14.2 Å². The van der Waals surface area contributed by atoms with Gasteiger partial charge in [-0.3, -0.25) is 9.69 Å². The number of carbonyl (C=O) groups excluding carboxylic acids is 1. The standard InChI is InChI=1S/C31H46FN7O5/c1-8-39(21(4)5)29(40)24-13-22(32)9-10-26(24)44-28-27(33-19-34-35-28)37-12-11-31(16-37)17-38(18-31)25(20(2)3)14-23(43-7)15-36(6)30(41)42/h9-10,13,19-21,23,25H,8,11-12,14-18H2,1-7H3,(H,41,42). The molecule has 2 atom stereocenters. The number of methoxy groups -OCH3 is 1. The van der Waals surface area contributed by atoms with Crippen LogP contribution in [0.2, 0.25) is 0 Å². The smallest absolute Gasteiger partial charge is 0.407 e. The fourth-order valence-corrected chi connectivity index (χ4v) is 6.47. The van der Waals surface area contributed by atoms with E-state index >= 15 is 0 Å². The largest absolute Gasteiger partial charge is 0.465 e. The number of carbonyl (C=O) groups is 2. The van der Waals surface area contributed by atoms with Gasteiger partial charge in [0.1, 0.15) is 17.9 Å². The second-order valence-corrected chi connectivity index (χ2v) is 12.7. The van der Waals surface area contributed by atoms with Crippen molar-refractivity contribution in [1.29, 1.82) is 0 Å². The second-order valence-electron chi connectivity index (χ2n) is 12.7. The molecular weight excluding hydrogens is 569 g/mol. The lowest BCUT2D eigenvalue weighted by atomic mass is 9.76. The third-order valence-corrected chi connectivity index (χ3v) is 8.87. The van der Waals surface area contributed by atoms with Gasteiger partial charge in [-0.2, -0.15) is 0 Å². The highest BCUT2D eigenvalue weighted by Crippen LogP contribution is 2.44. The molecule has 1 N–H and O–H groups in total. The number of carboxylic acid groups (broad SMARTS) is 1. The Balaban J connectivity index is 1.46. The Morgan fingerprint density at radius 2 is 1.91 bits per heavy atom. The fourth-order valence-electron chi connectivity index (χ4n) is 6.47. The van der Waals surface area contributed by atoms with Crippen molar-refractivity contribution in [2.75, 3.05) is 58.3 Å². The zero-order chi connectivity index (χ0) is 32.2. The quantitative estimate of drug-likeness (QED) is 0.350. The number of anilines is 1. The van der Waals surface area contributed by atoms with Gasteiger partial charge < -0.3 is 29.3 Å². The maximum Gasteiger partial charge on any atom is 0.407 e. The molecule has 1 aromatic heterocycles. The summed E-state index contributed by atoms with van der Waals surface area (Å²) in [5.74, 6) is 0.416. The monoisotopic (exact) mass is 615 g/mol. The van der Waals surface area contributed by atoms with E-state index in [9.17, 15) is 19.1 Å². The molecule has 2 aliphatic heterocycles. The van der Waals surface area contributed by atoms with Crippen LogP contribution in [0.4, 0.5) is 15.0 Å². The summed E-state index contributed by atoms with van der Waals surface area (Å²) in [6, 6.07) is 4.08. The molecule has 4 rings (SSSR count). The van der Waals surface area contributed by atoms with E-state index in [0.717, 1.165) is 39.0 Å². The lowest BCUT2D eigenvalue weighted by molar-refractivity contribution is -0.0529. The predicted octanol–water partition coefficient (Wildman–Crippen LogP) is 4.23. The molecule has 0 saturated carbocycles. The van der Waals surface area contributed by atoms with Crippen LogP contribution in [-0.2, 0) is 4.74 Å². The lowest BCUT2D eigenvalue weighted by Crippen LogP contribution is -2.62. The van der Waals surface area contributed by atoms with E-state index in [4.69, 9.17) is 9.47 Å². The van der Waals surface area contributed by atoms with Crippen molar-refractivity contribution >= 4 is 17.8 Å². The first kappa shape index (κ1) is 33.3. The number of ether oxygens (including phenoxy) is 2. The summed E-state index contributed by atoms with van der Waals surface area (Å²) in [6.45, 7) is 14.2. The molecular formula is C31H46FN7O5. The SMILES string of the molecule is CCN(C(=O)c1cc(F)ccc1Oc1nncnc1N1CCC2(C1)CN(C(CC(CN(C)C(=O)O)OC)C(C)C)C2)C(C)C. The number of hydrogen-bond donors (Lipinski definition) is 1. The van der Waals surface area contributed by atoms with Crippen LogP contribution in [0.15, 0.2) is 24.5 Å². The van der Waals surface area contributed by atoms with Crippen molar-refractivity contribution < 1.29 is 28.6 Å². The van der Waals surface area contributed by atoms with Gasteiger partial charge >= 0.3 is 6.09 Å². The van der Waals surface area contributed by atoms with E-state index in [1.54, 1.807) is 19.1 Å². The molecule has 0 bridgehead atoms. The van der Waals surface area contributed by atoms with Crippen molar-refractivity contribution in [2.45, 2.75) is 65.6 Å². The van der Waals surface area contributed by atoms with Crippen LogP contribution in [0.25, 0.3) is 0 Å². The number of amides is 2. The van der Waals surface area contributed by atoms with Gasteiger partial charge in [0.15, 0.2) is 5.82 Å². The van der Waals surface area contributed by atoms with E-state index < -0.39 is 11.9 Å². The lowest BCUT2D eigenvalue weighted by Gasteiger charge is -2.53. The van der Waals surface area contributed by atoms with Crippen LogP contribution in [0.5, 0.6) is 11.6 Å². The first-order valence-corrected chi connectivity index (χ1v) is 15.3. The minimum absolute atomic E-state index is 0.0676. The Kier molecular flexibility index (Phi) is 10.6. The molecule has 1 aromatic carbocycles. The zero-order valence-electron chi connectivity index (χ0n) is 26.9. The summed E-state index contributed by atoms with van der Waals surface area (Å²) in [5, 5.41) is 17.4. The van der Waals surface area contributed by atoms with Gasteiger partial charge in [-0.05, 0) is 57.7 Å². The first-order valence-electron chi connectivity index (χ1n) is 15.3. The van der Waals surface area contributed by atoms with Gasteiger partial charge in [0.2, 0.25) is 0 Å². The Hall–Kier alpha value is -3.58. The number of likely N-dealkylation sites (tertiary alicyclic amines) is 1. The predicted molar refractivity (Wildman–Crippen MR) is 164 cm³/mol. The topological polar surface area (TPSA) is 124 Å². The first-order chi connectivity index (χ1) is 20.9. The number of aromatic nitrogens is 3. The van der Waals surface area contributed by atoms with Crippen molar-refractivity contribution in [3.05, 3.63) is 35.9 Å². The van der Waals surface area contributed by atoms with Gasteiger partial charge in [0, 0.05) is 70.9 Å². The van der Waals surface area contributed by atoms with Gasteiger partial charge in [-0.15, -0.1) is 10.2 Å². The van der Waals surface area contributed by atoms with Crippen LogP contribution < -0.4 is 9.64 Å². The second kappa shape index (κ2) is 14.0. The third kappa shape index (κ3) is 7.37. The molecule has 2 amide bonds. The van der Waals surface area contributed by atoms with Crippen LogP contribution in [0.1, 0.15) is 57.8 Å². The summed E-state index contributed by atoms with van der Waals surface area (Å²) in [5.41, 5.74) is 0.194. The molecule has 242 valence electrons. The van der Waals surface area contributed by atoms with E-state index in [2.05, 4.69) is 38.8 Å². The van der Waals surface area contributed by atoms with E-state index in [0.29, 0.717) is 24.8 Å². The average molecular weight is 616 g/mol. The van der Waals surface area contributed by atoms with Crippen LogP contribution in [-0.4, -0.2) is 119 Å². The highest BCUT2D eigenvalue weighted by molar-refractivity contribution is 5.97. The van der Waals surface area contributed by atoms with Crippen molar-refractivity contribution in [1.82, 2.24) is 29.9 Å². The molecule has 13 heteroatoms. The average Bonchev–Trinajstić information content (AvgIpc) is 3.41. The van der Waals surface area contributed by atoms with Crippen LogP contribution in [0.3, 0.4) is 0 Å². The van der Waals surface area contributed by atoms with E-state index in [1.165, 1.54) is 29.4 Å².